The van der Waals surface area contributed by atoms with E-state index in [1.165, 1.54) is 6.07 Å². The van der Waals surface area contributed by atoms with Gasteiger partial charge in [0.25, 0.3) is 0 Å². The number of ether oxygens (including phenoxy) is 2. The molecule has 0 unspecified atom stereocenters. The van der Waals surface area contributed by atoms with Crippen LogP contribution >= 0.6 is 15.9 Å². The van der Waals surface area contributed by atoms with E-state index < -0.39 is 0 Å². The molecule has 112 valence electrons. The van der Waals surface area contributed by atoms with Crippen LogP contribution in [0.3, 0.4) is 0 Å². The van der Waals surface area contributed by atoms with Crippen LogP contribution < -0.4 is 14.8 Å². The molecule has 1 N–H and O–H groups in total. The van der Waals surface area contributed by atoms with Gasteiger partial charge in [-0.05, 0) is 52.7 Å². The Morgan fingerprint density at radius 2 is 1.95 bits per heavy atom. The molecule has 0 saturated heterocycles. The Bertz CT molecular complexity index is 619. The van der Waals surface area contributed by atoms with Crippen molar-refractivity contribution in [3.05, 3.63) is 52.3 Å². The molecule has 0 heterocycles. The van der Waals surface area contributed by atoms with E-state index in [9.17, 15) is 4.39 Å². The molecule has 0 aromatic heterocycles. The van der Waals surface area contributed by atoms with Gasteiger partial charge in [0.1, 0.15) is 5.82 Å². The molecule has 2 aromatic carbocycles. The van der Waals surface area contributed by atoms with Crippen molar-refractivity contribution in [2.24, 2.45) is 0 Å². The van der Waals surface area contributed by atoms with Crippen molar-refractivity contribution in [3.63, 3.8) is 0 Å². The maximum atomic E-state index is 13.5. The molecule has 0 radical (unpaired) electrons. The third-order valence-corrected chi connectivity index (χ3v) is 3.59. The normalized spacial score (nSPS) is 10.3. The minimum atomic E-state index is -0.265. The summed E-state index contributed by atoms with van der Waals surface area (Å²) in [6.45, 7) is 3.02. The first-order chi connectivity index (χ1) is 10.1. The number of rotatable bonds is 6. The first-order valence-electron chi connectivity index (χ1n) is 6.62. The highest BCUT2D eigenvalue weighted by molar-refractivity contribution is 9.10. The fourth-order valence-corrected chi connectivity index (χ4v) is 2.16. The maximum Gasteiger partial charge on any atom is 0.163 e. The third kappa shape index (κ3) is 4.11. The van der Waals surface area contributed by atoms with E-state index in [1.54, 1.807) is 13.2 Å². The molecule has 2 aromatic rings. The standard InChI is InChI=1S/C16H17BrFNO2/c1-3-21-16-9-12(5-7-15(16)20-2)19-10-11-4-6-13(17)14(18)8-11/h4-9,19H,3,10H2,1-2H3. The van der Waals surface area contributed by atoms with Gasteiger partial charge in [0, 0.05) is 18.3 Å². The monoisotopic (exact) mass is 353 g/mol. The molecule has 0 aliphatic rings. The Hall–Kier alpha value is -1.75. The van der Waals surface area contributed by atoms with Crippen molar-refractivity contribution < 1.29 is 13.9 Å². The smallest absolute Gasteiger partial charge is 0.163 e. The summed E-state index contributed by atoms with van der Waals surface area (Å²) >= 11 is 3.14. The number of hydrogen-bond donors (Lipinski definition) is 1. The average molecular weight is 354 g/mol. The quantitative estimate of drug-likeness (QED) is 0.822. The largest absolute Gasteiger partial charge is 0.493 e. The van der Waals surface area contributed by atoms with Gasteiger partial charge in [0.05, 0.1) is 18.2 Å². The van der Waals surface area contributed by atoms with Crippen molar-refractivity contribution in [1.29, 1.82) is 0 Å². The molecule has 0 aliphatic carbocycles. The molecule has 0 bridgehead atoms. The van der Waals surface area contributed by atoms with Crippen molar-refractivity contribution in [1.82, 2.24) is 0 Å². The van der Waals surface area contributed by atoms with Gasteiger partial charge in [0.15, 0.2) is 11.5 Å². The van der Waals surface area contributed by atoms with Crippen molar-refractivity contribution in [2.45, 2.75) is 13.5 Å². The summed E-state index contributed by atoms with van der Waals surface area (Å²) in [5, 5.41) is 3.24. The second-order valence-corrected chi connectivity index (χ2v) is 5.26. The van der Waals surface area contributed by atoms with Gasteiger partial charge in [-0.25, -0.2) is 4.39 Å². The lowest BCUT2D eigenvalue weighted by Gasteiger charge is -2.12. The van der Waals surface area contributed by atoms with Gasteiger partial charge < -0.3 is 14.8 Å². The number of hydrogen-bond acceptors (Lipinski definition) is 3. The van der Waals surface area contributed by atoms with Gasteiger partial charge in [-0.1, -0.05) is 6.07 Å². The Labute approximate surface area is 132 Å². The van der Waals surface area contributed by atoms with Gasteiger partial charge in [0.2, 0.25) is 0 Å². The summed E-state index contributed by atoms with van der Waals surface area (Å²) in [6.07, 6.45) is 0. The molecule has 0 amide bonds. The topological polar surface area (TPSA) is 30.5 Å². The molecule has 0 fully saturated rings. The van der Waals surface area contributed by atoms with Gasteiger partial charge >= 0.3 is 0 Å². The molecular weight excluding hydrogens is 337 g/mol. The highest BCUT2D eigenvalue weighted by Crippen LogP contribution is 2.30. The van der Waals surface area contributed by atoms with Crippen LogP contribution in [0, 0.1) is 5.82 Å². The summed E-state index contributed by atoms with van der Waals surface area (Å²) in [6, 6.07) is 10.7. The summed E-state index contributed by atoms with van der Waals surface area (Å²) in [5.74, 6) is 1.11. The Morgan fingerprint density at radius 1 is 1.14 bits per heavy atom. The van der Waals surface area contributed by atoms with E-state index >= 15 is 0 Å². The minimum Gasteiger partial charge on any atom is -0.493 e. The Morgan fingerprint density at radius 3 is 2.62 bits per heavy atom. The number of methoxy groups -OCH3 is 1. The van der Waals surface area contributed by atoms with Gasteiger partial charge in [-0.2, -0.15) is 0 Å². The van der Waals surface area contributed by atoms with Crippen LogP contribution in [0.4, 0.5) is 10.1 Å². The lowest BCUT2D eigenvalue weighted by molar-refractivity contribution is 0.311. The first-order valence-corrected chi connectivity index (χ1v) is 7.42. The lowest BCUT2D eigenvalue weighted by atomic mass is 10.2. The summed E-state index contributed by atoms with van der Waals surface area (Å²) in [7, 11) is 1.61. The summed E-state index contributed by atoms with van der Waals surface area (Å²) in [5.41, 5.74) is 1.76. The van der Waals surface area contributed by atoms with Gasteiger partial charge in [-0.15, -0.1) is 0 Å². The lowest BCUT2D eigenvalue weighted by Crippen LogP contribution is -2.01. The van der Waals surface area contributed by atoms with E-state index in [0.717, 1.165) is 11.3 Å². The molecule has 5 heteroatoms. The zero-order valence-electron chi connectivity index (χ0n) is 12.0. The molecule has 21 heavy (non-hydrogen) atoms. The van der Waals surface area contributed by atoms with E-state index in [0.29, 0.717) is 29.1 Å². The number of halogens is 2. The molecule has 0 spiro atoms. The number of anilines is 1. The Balaban J connectivity index is 2.08. The first kappa shape index (κ1) is 15.6. The fourth-order valence-electron chi connectivity index (χ4n) is 1.91. The minimum absolute atomic E-state index is 0.265. The molecule has 0 aliphatic heterocycles. The summed E-state index contributed by atoms with van der Waals surface area (Å²) < 4.78 is 24.7. The maximum absolute atomic E-state index is 13.5. The summed E-state index contributed by atoms with van der Waals surface area (Å²) in [4.78, 5) is 0. The second-order valence-electron chi connectivity index (χ2n) is 4.40. The van der Waals surface area contributed by atoms with Crippen LogP contribution in [-0.4, -0.2) is 13.7 Å². The van der Waals surface area contributed by atoms with Crippen LogP contribution in [0.25, 0.3) is 0 Å². The van der Waals surface area contributed by atoms with E-state index in [-0.39, 0.29) is 5.82 Å². The predicted molar refractivity (Wildman–Crippen MR) is 85.6 cm³/mol. The van der Waals surface area contributed by atoms with Gasteiger partial charge in [-0.3, -0.25) is 0 Å². The zero-order chi connectivity index (χ0) is 15.2. The van der Waals surface area contributed by atoms with Crippen LogP contribution in [-0.2, 0) is 6.54 Å². The van der Waals surface area contributed by atoms with Crippen LogP contribution in [0.15, 0.2) is 40.9 Å². The average Bonchev–Trinajstić information content (AvgIpc) is 2.49. The SMILES string of the molecule is CCOc1cc(NCc2ccc(Br)c(F)c2)ccc1OC. The number of nitrogens with one attached hydrogen (secondary N) is 1. The van der Waals surface area contributed by atoms with E-state index in [1.807, 2.05) is 31.2 Å². The van der Waals surface area contributed by atoms with E-state index in [4.69, 9.17) is 9.47 Å². The van der Waals surface area contributed by atoms with Crippen LogP contribution in [0.5, 0.6) is 11.5 Å². The zero-order valence-corrected chi connectivity index (χ0v) is 13.5. The highest BCUT2D eigenvalue weighted by atomic mass is 79.9. The molecule has 0 saturated carbocycles. The highest BCUT2D eigenvalue weighted by Gasteiger charge is 2.06. The van der Waals surface area contributed by atoms with Crippen molar-refractivity contribution >= 4 is 21.6 Å². The van der Waals surface area contributed by atoms with Crippen molar-refractivity contribution in [3.8, 4) is 11.5 Å². The fraction of sp³-hybridized carbons (Fsp3) is 0.250. The van der Waals surface area contributed by atoms with E-state index in [2.05, 4.69) is 21.2 Å². The molecular formula is C16H17BrFNO2. The number of benzene rings is 2. The predicted octanol–water partition coefficient (Wildman–Crippen LogP) is 4.61. The molecule has 0 atom stereocenters. The second kappa shape index (κ2) is 7.31. The van der Waals surface area contributed by atoms with Crippen LogP contribution in [0.1, 0.15) is 12.5 Å². The molecule has 2 rings (SSSR count). The molecule has 3 nitrogen and oxygen atoms in total. The third-order valence-electron chi connectivity index (χ3n) is 2.94. The Kier molecular flexibility index (Phi) is 5.44. The van der Waals surface area contributed by atoms with Crippen molar-refractivity contribution in [2.75, 3.05) is 19.0 Å². The van der Waals surface area contributed by atoms with Crippen LogP contribution in [0.2, 0.25) is 0 Å².